The van der Waals surface area contributed by atoms with Gasteiger partial charge in [-0.3, -0.25) is 0 Å². The fourth-order valence-electron chi connectivity index (χ4n) is 1.68. The lowest BCUT2D eigenvalue weighted by molar-refractivity contribution is 0.0690. The van der Waals surface area contributed by atoms with Gasteiger partial charge in [-0.05, 0) is 18.7 Å². The van der Waals surface area contributed by atoms with Gasteiger partial charge < -0.3 is 10.0 Å². The number of fused-ring (bicyclic) bond motifs is 1. The number of aromatic nitrogens is 1. The first-order valence-electron chi connectivity index (χ1n) is 4.57. The minimum atomic E-state index is -0.952. The van der Waals surface area contributed by atoms with Crippen molar-refractivity contribution in [3.63, 3.8) is 0 Å². The highest BCUT2D eigenvalue weighted by molar-refractivity contribution is 5.85. The van der Waals surface area contributed by atoms with Crippen molar-refractivity contribution >= 4 is 5.97 Å². The second-order valence-electron chi connectivity index (χ2n) is 3.60. The van der Waals surface area contributed by atoms with Gasteiger partial charge in [0.15, 0.2) is 0 Å². The summed E-state index contributed by atoms with van der Waals surface area (Å²) in [5, 5.41) is 8.77. The molecule has 14 heavy (non-hydrogen) atoms. The van der Waals surface area contributed by atoms with Crippen LogP contribution in [0.1, 0.15) is 21.7 Å². The summed E-state index contributed by atoms with van der Waals surface area (Å²) in [5.41, 5.74) is 2.22. The number of aromatic carboxylic acids is 1. The molecule has 0 fully saturated rings. The van der Waals surface area contributed by atoms with Gasteiger partial charge in [-0.15, -0.1) is 0 Å². The van der Waals surface area contributed by atoms with Crippen LogP contribution in [0.25, 0.3) is 0 Å². The fourth-order valence-corrected chi connectivity index (χ4v) is 1.68. The van der Waals surface area contributed by atoms with Crippen LogP contribution in [-0.4, -0.2) is 34.6 Å². The quantitative estimate of drug-likeness (QED) is 0.714. The number of carboxylic acid groups (broad SMARTS) is 1. The molecule has 0 spiro atoms. The number of carboxylic acids is 1. The average molecular weight is 192 g/mol. The monoisotopic (exact) mass is 192 g/mol. The Morgan fingerprint density at radius 1 is 1.57 bits per heavy atom. The molecule has 4 heteroatoms. The van der Waals surface area contributed by atoms with E-state index in [0.717, 1.165) is 30.8 Å². The highest BCUT2D eigenvalue weighted by Gasteiger charge is 2.16. The summed E-state index contributed by atoms with van der Waals surface area (Å²) in [5.74, 6) is -0.952. The van der Waals surface area contributed by atoms with Gasteiger partial charge in [-0.25, -0.2) is 9.78 Å². The van der Waals surface area contributed by atoms with Gasteiger partial charge in [0.2, 0.25) is 0 Å². The van der Waals surface area contributed by atoms with Gasteiger partial charge in [0.05, 0.1) is 0 Å². The van der Waals surface area contributed by atoms with Crippen molar-refractivity contribution in [2.45, 2.75) is 13.0 Å². The van der Waals surface area contributed by atoms with Gasteiger partial charge >= 0.3 is 5.97 Å². The van der Waals surface area contributed by atoms with Crippen LogP contribution in [-0.2, 0) is 13.0 Å². The number of nitrogens with zero attached hydrogens (tertiary/aromatic N) is 2. The first kappa shape index (κ1) is 9.15. The molecule has 0 radical (unpaired) electrons. The Bertz CT molecular complexity index is 376. The fraction of sp³-hybridized carbons (Fsp3) is 0.400. The standard InChI is InChI=1S/C10H12N2O2/c1-12-5-4-8-7(6-12)2-3-9(11-8)10(13)14/h2-3H,4-6H2,1H3,(H,13,14). The van der Waals surface area contributed by atoms with Crippen LogP contribution >= 0.6 is 0 Å². The summed E-state index contributed by atoms with van der Waals surface area (Å²) in [6.07, 6.45) is 0.840. The molecule has 0 unspecified atom stereocenters. The number of hydrogen-bond donors (Lipinski definition) is 1. The highest BCUT2D eigenvalue weighted by atomic mass is 16.4. The van der Waals surface area contributed by atoms with Crippen molar-refractivity contribution in [1.82, 2.24) is 9.88 Å². The largest absolute Gasteiger partial charge is 0.477 e. The van der Waals surface area contributed by atoms with Gasteiger partial charge in [0, 0.05) is 25.2 Å². The lowest BCUT2D eigenvalue weighted by Gasteiger charge is -2.23. The Kier molecular flexibility index (Phi) is 2.21. The van der Waals surface area contributed by atoms with Gasteiger partial charge in [-0.2, -0.15) is 0 Å². The maximum absolute atomic E-state index is 10.7. The van der Waals surface area contributed by atoms with E-state index in [1.54, 1.807) is 6.07 Å². The first-order valence-corrected chi connectivity index (χ1v) is 4.57. The molecule has 0 bridgehead atoms. The van der Waals surface area contributed by atoms with Gasteiger partial charge in [0.1, 0.15) is 5.69 Å². The predicted molar refractivity (Wildman–Crippen MR) is 51.2 cm³/mol. The summed E-state index contributed by atoms with van der Waals surface area (Å²) in [6.45, 7) is 1.81. The van der Waals surface area contributed by atoms with Crippen molar-refractivity contribution in [3.05, 3.63) is 29.1 Å². The van der Waals surface area contributed by atoms with E-state index in [-0.39, 0.29) is 5.69 Å². The van der Waals surface area contributed by atoms with E-state index in [1.165, 1.54) is 0 Å². The van der Waals surface area contributed by atoms with E-state index in [1.807, 2.05) is 13.1 Å². The van der Waals surface area contributed by atoms with Crippen LogP contribution in [0.3, 0.4) is 0 Å². The molecule has 1 aliphatic rings. The molecule has 0 aliphatic carbocycles. The summed E-state index contributed by atoms with van der Waals surface area (Å²) < 4.78 is 0. The SMILES string of the molecule is CN1CCc2nc(C(=O)O)ccc2C1. The molecule has 4 nitrogen and oxygen atoms in total. The van der Waals surface area contributed by atoms with Crippen LogP contribution < -0.4 is 0 Å². The van der Waals surface area contributed by atoms with Crippen molar-refractivity contribution in [2.75, 3.05) is 13.6 Å². The van der Waals surface area contributed by atoms with Crippen molar-refractivity contribution in [2.24, 2.45) is 0 Å². The molecule has 0 atom stereocenters. The van der Waals surface area contributed by atoms with Crippen LogP contribution in [0.2, 0.25) is 0 Å². The Morgan fingerprint density at radius 2 is 2.36 bits per heavy atom. The number of likely N-dealkylation sites (N-methyl/N-ethyl adjacent to an activating group) is 1. The minimum absolute atomic E-state index is 0.147. The van der Waals surface area contributed by atoms with Crippen LogP contribution in [0.15, 0.2) is 12.1 Å². The number of hydrogen-bond acceptors (Lipinski definition) is 3. The zero-order valence-corrected chi connectivity index (χ0v) is 8.03. The third-order valence-corrected chi connectivity index (χ3v) is 2.46. The molecular weight excluding hydrogens is 180 g/mol. The van der Waals surface area contributed by atoms with E-state index in [4.69, 9.17) is 5.11 Å². The van der Waals surface area contributed by atoms with Gasteiger partial charge in [0.25, 0.3) is 0 Å². The summed E-state index contributed by atoms with van der Waals surface area (Å²) >= 11 is 0. The minimum Gasteiger partial charge on any atom is -0.477 e. The second kappa shape index (κ2) is 3.38. The molecule has 0 saturated heterocycles. The van der Waals surface area contributed by atoms with E-state index in [9.17, 15) is 4.79 Å². The van der Waals surface area contributed by atoms with Crippen LogP contribution in [0, 0.1) is 0 Å². The number of carbonyl (C=O) groups is 1. The maximum atomic E-state index is 10.7. The molecule has 1 aromatic heterocycles. The summed E-state index contributed by atoms with van der Waals surface area (Å²) in [6, 6.07) is 3.43. The van der Waals surface area contributed by atoms with Crippen molar-refractivity contribution in [1.29, 1.82) is 0 Å². The van der Waals surface area contributed by atoms with Crippen molar-refractivity contribution in [3.8, 4) is 0 Å². The zero-order valence-electron chi connectivity index (χ0n) is 8.03. The van der Waals surface area contributed by atoms with E-state index in [0.29, 0.717) is 0 Å². The average Bonchev–Trinajstić information content (AvgIpc) is 2.16. The molecule has 0 amide bonds. The lowest BCUT2D eigenvalue weighted by atomic mass is 10.1. The first-order chi connectivity index (χ1) is 6.66. The van der Waals surface area contributed by atoms with E-state index < -0.39 is 5.97 Å². The Labute approximate surface area is 82.2 Å². The topological polar surface area (TPSA) is 53.4 Å². The summed E-state index contributed by atoms with van der Waals surface area (Å²) in [7, 11) is 2.05. The molecule has 1 N–H and O–H groups in total. The lowest BCUT2D eigenvalue weighted by Crippen LogP contribution is -2.27. The third-order valence-electron chi connectivity index (χ3n) is 2.46. The van der Waals surface area contributed by atoms with E-state index in [2.05, 4.69) is 9.88 Å². The normalized spacial score (nSPS) is 16.4. The van der Waals surface area contributed by atoms with Crippen LogP contribution in [0.4, 0.5) is 0 Å². The predicted octanol–water partition coefficient (Wildman–Crippen LogP) is 0.768. The summed E-state index contributed by atoms with van der Waals surface area (Å²) in [4.78, 5) is 17.0. The Morgan fingerprint density at radius 3 is 3.07 bits per heavy atom. The molecular formula is C10H12N2O2. The molecule has 74 valence electrons. The molecule has 2 rings (SSSR count). The molecule has 1 aromatic rings. The molecule has 0 aromatic carbocycles. The maximum Gasteiger partial charge on any atom is 0.354 e. The smallest absolute Gasteiger partial charge is 0.354 e. The van der Waals surface area contributed by atoms with E-state index >= 15 is 0 Å². The second-order valence-corrected chi connectivity index (χ2v) is 3.60. The van der Waals surface area contributed by atoms with Crippen molar-refractivity contribution < 1.29 is 9.90 Å². The number of pyridine rings is 1. The Balaban J connectivity index is 2.36. The molecule has 0 saturated carbocycles. The highest BCUT2D eigenvalue weighted by Crippen LogP contribution is 2.16. The molecule has 2 heterocycles. The van der Waals surface area contributed by atoms with Gasteiger partial charge in [-0.1, -0.05) is 6.07 Å². The van der Waals surface area contributed by atoms with Crippen LogP contribution in [0.5, 0.6) is 0 Å². The third kappa shape index (κ3) is 1.61. The number of rotatable bonds is 1. The zero-order chi connectivity index (χ0) is 10.1. The molecule has 1 aliphatic heterocycles. The Hall–Kier alpha value is -1.42.